The highest BCUT2D eigenvalue weighted by atomic mass is 15.1. The van der Waals surface area contributed by atoms with Gasteiger partial charge in [-0.3, -0.25) is 0 Å². The maximum absolute atomic E-state index is 8.55. The van der Waals surface area contributed by atoms with Crippen LogP contribution in [0.2, 0.25) is 6.32 Å². The molecule has 1 saturated heterocycles. The zero-order chi connectivity index (χ0) is 8.27. The number of hydrogen-bond donors (Lipinski definition) is 0. The molecule has 3 heteroatoms. The van der Waals surface area contributed by atoms with Gasteiger partial charge in [-0.05, 0) is 12.3 Å². The third-order valence-electron chi connectivity index (χ3n) is 2.17. The van der Waals surface area contributed by atoms with Crippen LogP contribution in [0.1, 0.15) is 6.42 Å². The molecule has 56 valence electrons. The fourth-order valence-electron chi connectivity index (χ4n) is 1.35. The molecular weight excluding hydrogens is 135 g/mol. The van der Waals surface area contributed by atoms with Crippen LogP contribution in [0, 0.1) is 17.4 Å². The van der Waals surface area contributed by atoms with Crippen LogP contribution in [-0.2, 0) is 0 Å². The van der Waals surface area contributed by atoms with E-state index in [1.165, 1.54) is 0 Å². The van der Waals surface area contributed by atoms with E-state index in [1.807, 2.05) is 0 Å². The molecular formula is C8H11BN2. The number of hydrogen-bond acceptors (Lipinski definition) is 2. The van der Waals surface area contributed by atoms with E-state index in [2.05, 4.69) is 12.8 Å². The van der Waals surface area contributed by atoms with Gasteiger partial charge in [0.1, 0.15) is 0 Å². The molecule has 1 rings (SSSR count). The minimum atomic E-state index is 0.444. The second kappa shape index (κ2) is 3.48. The molecule has 1 unspecified atom stereocenters. The lowest BCUT2D eigenvalue weighted by Gasteiger charge is -2.10. The summed E-state index contributed by atoms with van der Waals surface area (Å²) in [5.41, 5.74) is 1.07. The minimum absolute atomic E-state index is 0.444. The predicted molar refractivity (Wildman–Crippen MR) is 45.0 cm³/mol. The molecule has 0 aromatic rings. The van der Waals surface area contributed by atoms with Crippen molar-refractivity contribution in [1.82, 2.24) is 4.90 Å². The molecule has 0 amide bonds. The average Bonchev–Trinajstić information content (AvgIpc) is 2.50. The van der Waals surface area contributed by atoms with Crippen LogP contribution in [0.5, 0.6) is 0 Å². The largest absolute Gasteiger partial charge is 0.310 e. The zero-order valence-corrected chi connectivity index (χ0v) is 6.58. The summed E-state index contributed by atoms with van der Waals surface area (Å²) in [6, 6.07) is 0. The number of likely N-dealkylation sites (tertiary alicyclic amines) is 1. The van der Waals surface area contributed by atoms with Crippen molar-refractivity contribution in [2.45, 2.75) is 12.7 Å². The summed E-state index contributed by atoms with van der Waals surface area (Å²) in [6.45, 7) is 5.54. The smallest absolute Gasteiger partial charge is 0.179 e. The second-order valence-electron chi connectivity index (χ2n) is 2.89. The zero-order valence-electron chi connectivity index (χ0n) is 6.58. The van der Waals surface area contributed by atoms with Crippen molar-refractivity contribution in [2.75, 3.05) is 13.1 Å². The van der Waals surface area contributed by atoms with Crippen molar-refractivity contribution < 1.29 is 0 Å². The van der Waals surface area contributed by atoms with Gasteiger partial charge < -0.3 is 4.90 Å². The average molecular weight is 146 g/mol. The second-order valence-corrected chi connectivity index (χ2v) is 2.89. The molecule has 0 aromatic carbocycles. The fourth-order valence-corrected chi connectivity index (χ4v) is 1.35. The number of rotatable bonds is 2. The fraction of sp³-hybridized carbons (Fsp3) is 0.625. The topological polar surface area (TPSA) is 27.0 Å². The summed E-state index contributed by atoms with van der Waals surface area (Å²) < 4.78 is 0. The maximum atomic E-state index is 8.55. The van der Waals surface area contributed by atoms with E-state index in [9.17, 15) is 0 Å². The molecule has 0 spiro atoms. The molecule has 2 nitrogen and oxygen atoms in total. The van der Waals surface area contributed by atoms with E-state index in [1.54, 1.807) is 4.90 Å². The summed E-state index contributed by atoms with van der Waals surface area (Å²) in [7, 11) is 5.44. The Balaban J connectivity index is 2.43. The normalized spacial score (nSPS) is 23.2. The van der Waals surface area contributed by atoms with Crippen molar-refractivity contribution in [3.8, 4) is 6.19 Å². The first-order chi connectivity index (χ1) is 5.27. The summed E-state index contributed by atoms with van der Waals surface area (Å²) in [5.74, 6) is 0.444. The van der Waals surface area contributed by atoms with Crippen LogP contribution in [0.3, 0.4) is 0 Å². The Labute approximate surface area is 68.9 Å². The molecule has 11 heavy (non-hydrogen) atoms. The molecule has 1 heterocycles. The van der Waals surface area contributed by atoms with Crippen LogP contribution in [-0.4, -0.2) is 25.8 Å². The van der Waals surface area contributed by atoms with Gasteiger partial charge in [0.2, 0.25) is 0 Å². The number of nitriles is 1. The molecule has 1 aliphatic heterocycles. The predicted octanol–water partition coefficient (Wildman–Crippen LogP) is 0.932. The van der Waals surface area contributed by atoms with E-state index >= 15 is 0 Å². The van der Waals surface area contributed by atoms with Gasteiger partial charge in [0.05, 0.1) is 7.85 Å². The maximum Gasteiger partial charge on any atom is 0.179 e. The van der Waals surface area contributed by atoms with Crippen LogP contribution in [0.25, 0.3) is 0 Å². The van der Waals surface area contributed by atoms with Crippen LogP contribution >= 0.6 is 0 Å². The molecule has 0 saturated carbocycles. The SMILES string of the molecule is [B]CC(=C)C1CCN(C#N)C1. The highest BCUT2D eigenvalue weighted by Gasteiger charge is 2.22. The molecule has 0 aliphatic carbocycles. The van der Waals surface area contributed by atoms with Crippen molar-refractivity contribution in [3.05, 3.63) is 12.2 Å². The van der Waals surface area contributed by atoms with Crippen molar-refractivity contribution in [1.29, 1.82) is 5.26 Å². The van der Waals surface area contributed by atoms with Crippen LogP contribution in [0.15, 0.2) is 12.2 Å². The van der Waals surface area contributed by atoms with E-state index in [0.717, 1.165) is 25.1 Å². The van der Waals surface area contributed by atoms with Gasteiger partial charge in [-0.25, -0.2) is 0 Å². The Kier molecular flexibility index (Phi) is 2.59. The lowest BCUT2D eigenvalue weighted by molar-refractivity contribution is 0.471. The molecule has 0 aromatic heterocycles. The Hall–Kier alpha value is -0.905. The third kappa shape index (κ3) is 1.77. The lowest BCUT2D eigenvalue weighted by atomic mass is 9.88. The molecule has 0 bridgehead atoms. The molecule has 0 N–H and O–H groups in total. The molecule has 2 radical (unpaired) electrons. The van der Waals surface area contributed by atoms with E-state index < -0.39 is 0 Å². The van der Waals surface area contributed by atoms with Crippen molar-refractivity contribution >= 4 is 7.85 Å². The Morgan fingerprint density at radius 1 is 1.82 bits per heavy atom. The van der Waals surface area contributed by atoms with E-state index in [4.69, 9.17) is 13.1 Å². The highest BCUT2D eigenvalue weighted by Crippen LogP contribution is 2.23. The van der Waals surface area contributed by atoms with Crippen LogP contribution in [0.4, 0.5) is 0 Å². The van der Waals surface area contributed by atoms with Gasteiger partial charge in [-0.15, -0.1) is 6.58 Å². The number of nitrogens with zero attached hydrogens (tertiary/aromatic N) is 2. The van der Waals surface area contributed by atoms with Crippen LogP contribution < -0.4 is 0 Å². The molecule has 1 aliphatic rings. The first-order valence-electron chi connectivity index (χ1n) is 3.80. The van der Waals surface area contributed by atoms with Crippen molar-refractivity contribution in [2.24, 2.45) is 5.92 Å². The Morgan fingerprint density at radius 3 is 3.00 bits per heavy atom. The van der Waals surface area contributed by atoms with Gasteiger partial charge in [0.15, 0.2) is 6.19 Å². The van der Waals surface area contributed by atoms with Crippen molar-refractivity contribution in [3.63, 3.8) is 0 Å². The van der Waals surface area contributed by atoms with Gasteiger partial charge in [0.25, 0.3) is 0 Å². The monoisotopic (exact) mass is 146 g/mol. The van der Waals surface area contributed by atoms with Gasteiger partial charge in [-0.1, -0.05) is 11.9 Å². The minimum Gasteiger partial charge on any atom is -0.310 e. The van der Waals surface area contributed by atoms with Gasteiger partial charge >= 0.3 is 0 Å². The standard InChI is InChI=1S/C8H11BN2/c1-7(4-9)8-2-3-11(5-8)6-10/h8H,1-5H2. The summed E-state index contributed by atoms with van der Waals surface area (Å²) >= 11 is 0. The molecule has 1 atom stereocenters. The lowest BCUT2D eigenvalue weighted by Crippen LogP contribution is -2.14. The highest BCUT2D eigenvalue weighted by molar-refractivity contribution is 6.10. The summed E-state index contributed by atoms with van der Waals surface area (Å²) in [6.07, 6.45) is 3.70. The van der Waals surface area contributed by atoms with Gasteiger partial charge in [0, 0.05) is 13.1 Å². The quantitative estimate of drug-likeness (QED) is 0.329. The summed E-state index contributed by atoms with van der Waals surface area (Å²) in [4.78, 5) is 1.76. The molecule has 1 fully saturated rings. The Morgan fingerprint density at radius 2 is 2.55 bits per heavy atom. The first-order valence-corrected chi connectivity index (χ1v) is 3.80. The van der Waals surface area contributed by atoms with E-state index in [-0.39, 0.29) is 0 Å². The third-order valence-corrected chi connectivity index (χ3v) is 2.17. The van der Waals surface area contributed by atoms with E-state index in [0.29, 0.717) is 12.2 Å². The Bertz CT molecular complexity index is 195. The summed E-state index contributed by atoms with van der Waals surface area (Å²) in [5, 5.41) is 8.55. The van der Waals surface area contributed by atoms with Gasteiger partial charge in [-0.2, -0.15) is 5.26 Å². The first kappa shape index (κ1) is 8.19.